The van der Waals surface area contributed by atoms with Crippen LogP contribution in [0, 0.1) is 17.2 Å². The molecule has 36 heavy (non-hydrogen) atoms. The molecular weight excluding hydrogens is 458 g/mol. The van der Waals surface area contributed by atoms with Crippen LogP contribution in [0.2, 0.25) is 0 Å². The Bertz CT molecular complexity index is 1260. The Morgan fingerprint density at radius 2 is 2.03 bits per heavy atom. The van der Waals surface area contributed by atoms with E-state index in [2.05, 4.69) is 27.1 Å². The van der Waals surface area contributed by atoms with Gasteiger partial charge in [0, 0.05) is 32.0 Å². The van der Waals surface area contributed by atoms with Gasteiger partial charge in [0.25, 0.3) is 0 Å². The Hall–Kier alpha value is -4.13. The summed E-state index contributed by atoms with van der Waals surface area (Å²) in [5, 5.41) is 12.5. The summed E-state index contributed by atoms with van der Waals surface area (Å²) in [7, 11) is 1.95. The largest absolute Gasteiger partial charge is 0.494 e. The van der Waals surface area contributed by atoms with Crippen LogP contribution in [0.4, 0.5) is 16.3 Å². The Morgan fingerprint density at radius 1 is 1.25 bits per heavy atom. The molecule has 0 radical (unpaired) electrons. The molecule has 1 aromatic carbocycles. The smallest absolute Gasteiger partial charge is 0.331 e. The van der Waals surface area contributed by atoms with Gasteiger partial charge in [-0.1, -0.05) is 13.8 Å². The summed E-state index contributed by atoms with van der Waals surface area (Å²) in [5.41, 5.74) is 1.14. The molecule has 1 N–H and O–H groups in total. The van der Waals surface area contributed by atoms with Gasteiger partial charge >= 0.3 is 6.03 Å². The molecule has 1 fully saturated rings. The third kappa shape index (κ3) is 5.25. The number of fused-ring (bicyclic) bond motifs is 1. The van der Waals surface area contributed by atoms with E-state index in [1.807, 2.05) is 38.2 Å². The quantitative estimate of drug-likeness (QED) is 0.535. The molecule has 0 bridgehead atoms. The number of nitriles is 1. The second kappa shape index (κ2) is 11.1. The van der Waals surface area contributed by atoms with Gasteiger partial charge in [-0.05, 0) is 49.1 Å². The third-order valence-corrected chi connectivity index (χ3v) is 6.59. The van der Waals surface area contributed by atoms with Gasteiger partial charge < -0.3 is 19.9 Å². The molecule has 4 rings (SSSR count). The number of aromatic nitrogens is 3. The lowest BCUT2D eigenvalue weighted by Crippen LogP contribution is -2.52. The van der Waals surface area contributed by atoms with Crippen molar-refractivity contribution < 1.29 is 14.3 Å². The summed E-state index contributed by atoms with van der Waals surface area (Å²) < 4.78 is 7.06. The number of hydrogen-bond acceptors (Lipinski definition) is 7. The second-order valence-corrected chi connectivity index (χ2v) is 9.04. The summed E-state index contributed by atoms with van der Waals surface area (Å²) in [4.78, 5) is 38.0. The molecule has 0 aliphatic carbocycles. The second-order valence-electron chi connectivity index (χ2n) is 9.04. The van der Waals surface area contributed by atoms with Crippen LogP contribution in [-0.4, -0.2) is 64.2 Å². The van der Waals surface area contributed by atoms with Crippen molar-refractivity contribution in [2.45, 2.75) is 39.2 Å². The van der Waals surface area contributed by atoms with E-state index in [9.17, 15) is 9.59 Å². The van der Waals surface area contributed by atoms with Gasteiger partial charge in [-0.3, -0.25) is 9.36 Å². The van der Waals surface area contributed by atoms with Gasteiger partial charge in [0.15, 0.2) is 5.65 Å². The van der Waals surface area contributed by atoms with Crippen molar-refractivity contribution in [1.29, 1.82) is 5.26 Å². The fourth-order valence-corrected chi connectivity index (χ4v) is 4.54. The number of carbonyl (C=O) groups is 2. The van der Waals surface area contributed by atoms with Crippen LogP contribution in [-0.2, 0) is 4.79 Å². The predicted octanol–water partition coefficient (Wildman–Crippen LogP) is 3.89. The zero-order valence-corrected chi connectivity index (χ0v) is 20.8. The van der Waals surface area contributed by atoms with Crippen LogP contribution in [0.15, 0.2) is 42.9 Å². The highest BCUT2D eigenvalue weighted by Crippen LogP contribution is 2.30. The number of nitrogens with one attached hydrogen (secondary N) is 1. The maximum atomic E-state index is 13.0. The van der Waals surface area contributed by atoms with Crippen molar-refractivity contribution >= 4 is 34.5 Å². The van der Waals surface area contributed by atoms with E-state index in [1.165, 1.54) is 10.9 Å². The maximum Gasteiger partial charge on any atom is 0.331 e. The summed E-state index contributed by atoms with van der Waals surface area (Å²) >= 11 is 0. The molecule has 1 aliphatic rings. The Morgan fingerprint density at radius 3 is 2.75 bits per heavy atom. The van der Waals surface area contributed by atoms with Gasteiger partial charge in [0.2, 0.25) is 5.91 Å². The van der Waals surface area contributed by atoms with Crippen molar-refractivity contribution in [3.8, 4) is 11.8 Å². The van der Waals surface area contributed by atoms with Crippen molar-refractivity contribution in [1.82, 2.24) is 19.4 Å². The van der Waals surface area contributed by atoms with Gasteiger partial charge in [0.05, 0.1) is 24.1 Å². The topological polar surface area (TPSA) is 116 Å². The van der Waals surface area contributed by atoms with Gasteiger partial charge in [-0.15, -0.1) is 0 Å². The highest BCUT2D eigenvalue weighted by Gasteiger charge is 2.32. The first-order valence-electron chi connectivity index (χ1n) is 12.2. The van der Waals surface area contributed by atoms with Crippen LogP contribution < -0.4 is 15.0 Å². The third-order valence-electron chi connectivity index (χ3n) is 6.59. The number of hydrogen-bond donors (Lipinski definition) is 1. The number of rotatable bonds is 7. The van der Waals surface area contributed by atoms with Crippen molar-refractivity contribution in [3.05, 3.63) is 42.9 Å². The minimum absolute atomic E-state index is 0.0186. The first-order chi connectivity index (χ1) is 17.4. The van der Waals surface area contributed by atoms with E-state index in [-0.39, 0.29) is 24.4 Å². The zero-order valence-electron chi connectivity index (χ0n) is 20.8. The Balaban J connectivity index is 1.53. The molecule has 1 saturated heterocycles. The molecular formula is C26H31N7O3. The Kier molecular flexibility index (Phi) is 7.68. The molecule has 10 nitrogen and oxygen atoms in total. The van der Waals surface area contributed by atoms with Crippen molar-refractivity contribution in [3.63, 3.8) is 0 Å². The molecule has 1 aliphatic heterocycles. The lowest BCUT2D eigenvalue weighted by atomic mass is 9.92. The maximum absolute atomic E-state index is 13.0. The van der Waals surface area contributed by atoms with Crippen LogP contribution in [0.5, 0.6) is 5.75 Å². The van der Waals surface area contributed by atoms with Gasteiger partial charge in [-0.2, -0.15) is 5.26 Å². The normalized spacial score (nSPS) is 17.4. The summed E-state index contributed by atoms with van der Waals surface area (Å²) in [6.07, 6.45) is 4.78. The minimum Gasteiger partial charge on any atom is -0.494 e. The van der Waals surface area contributed by atoms with E-state index in [4.69, 9.17) is 10.00 Å². The van der Waals surface area contributed by atoms with Crippen LogP contribution >= 0.6 is 0 Å². The number of likely N-dealkylation sites (tertiary alicyclic amines) is 1. The number of likely N-dealkylation sites (N-methyl/N-ethyl adjacent to an activating group) is 1. The molecule has 0 unspecified atom stereocenters. The number of piperidine rings is 1. The van der Waals surface area contributed by atoms with E-state index < -0.39 is 0 Å². The molecule has 10 heteroatoms. The fraction of sp³-hybridized carbons (Fsp3) is 0.423. The predicted molar refractivity (Wildman–Crippen MR) is 137 cm³/mol. The average Bonchev–Trinajstić information content (AvgIpc) is 3.33. The molecule has 3 aromatic rings. The summed E-state index contributed by atoms with van der Waals surface area (Å²) in [6.45, 7) is 6.01. The SMILES string of the molecule is CCCOc1ccc(NC(=O)n2ccc3c(N(C)[C@H]4CN(C(=O)CC#N)CC[C@H]4C)ncnc32)cc1. The number of amides is 2. The number of anilines is 2. The molecule has 3 heterocycles. The number of carbonyl (C=O) groups excluding carboxylic acids is 2. The first kappa shape index (κ1) is 25.0. The standard InChI is InChI=1S/C26H31N7O3/c1-4-15-36-20-7-5-19(6-8-20)30-26(35)33-14-11-21-24(28-17-29-25(21)33)31(3)22-16-32(13-10-18(22)2)23(34)9-12-27/h5-8,11,14,17-18,22H,4,9-10,13,15-16H2,1-3H3,(H,30,35)/t18-,22+/m1/s1. The average molecular weight is 490 g/mol. The number of nitrogens with zero attached hydrogens (tertiary/aromatic N) is 6. The zero-order chi connectivity index (χ0) is 25.7. The molecule has 0 saturated carbocycles. The Labute approximate surface area is 210 Å². The highest BCUT2D eigenvalue weighted by atomic mass is 16.5. The summed E-state index contributed by atoms with van der Waals surface area (Å²) in [5.74, 6) is 1.62. The van der Waals surface area contributed by atoms with Crippen molar-refractivity contribution in [2.24, 2.45) is 5.92 Å². The van der Waals surface area contributed by atoms with Crippen molar-refractivity contribution in [2.75, 3.05) is 37.0 Å². The molecule has 2 aromatic heterocycles. The monoisotopic (exact) mass is 489 g/mol. The van der Waals surface area contributed by atoms with E-state index in [0.717, 1.165) is 24.0 Å². The summed E-state index contributed by atoms with van der Waals surface area (Å²) in [6, 6.07) is 10.7. The molecule has 2 atom stereocenters. The number of benzene rings is 1. The lowest BCUT2D eigenvalue weighted by Gasteiger charge is -2.42. The van der Waals surface area contributed by atoms with Gasteiger partial charge in [-0.25, -0.2) is 14.8 Å². The van der Waals surface area contributed by atoms with E-state index in [0.29, 0.717) is 42.8 Å². The van der Waals surface area contributed by atoms with Crippen LogP contribution in [0.25, 0.3) is 11.0 Å². The van der Waals surface area contributed by atoms with Gasteiger partial charge in [0.1, 0.15) is 24.3 Å². The minimum atomic E-state index is -0.334. The molecule has 188 valence electrons. The first-order valence-corrected chi connectivity index (χ1v) is 12.2. The fourth-order valence-electron chi connectivity index (χ4n) is 4.54. The van der Waals surface area contributed by atoms with Crippen LogP contribution in [0.3, 0.4) is 0 Å². The van der Waals surface area contributed by atoms with E-state index in [1.54, 1.807) is 23.2 Å². The molecule has 2 amide bonds. The van der Waals surface area contributed by atoms with Crippen LogP contribution in [0.1, 0.15) is 33.1 Å². The number of ether oxygens (including phenoxy) is 1. The van der Waals surface area contributed by atoms with E-state index >= 15 is 0 Å². The molecule has 0 spiro atoms. The highest BCUT2D eigenvalue weighted by molar-refractivity contribution is 5.99. The lowest BCUT2D eigenvalue weighted by molar-refractivity contribution is -0.131.